The highest BCUT2D eigenvalue weighted by Crippen LogP contribution is 2.56. The zero-order valence-electron chi connectivity index (χ0n) is 7.96. The summed E-state index contributed by atoms with van der Waals surface area (Å²) < 4.78 is 19.7. The summed E-state index contributed by atoms with van der Waals surface area (Å²) in [5.74, 6) is 1.02. The van der Waals surface area contributed by atoms with Crippen LogP contribution < -0.4 is 4.89 Å². The molecule has 2 rings (SSSR count). The Balaban J connectivity index is 1.83. The zero-order chi connectivity index (χ0) is 10.3. The van der Waals surface area contributed by atoms with E-state index in [0.29, 0.717) is 11.8 Å². The van der Waals surface area contributed by atoms with Crippen LogP contribution >= 0.6 is 7.82 Å². The number of phosphoric acid groups is 1. The van der Waals surface area contributed by atoms with Crippen LogP contribution in [-0.2, 0) is 13.6 Å². The van der Waals surface area contributed by atoms with Crippen LogP contribution in [0.1, 0.15) is 12.8 Å². The van der Waals surface area contributed by atoms with E-state index in [1.165, 1.54) is 0 Å². The van der Waals surface area contributed by atoms with Gasteiger partial charge in [-0.05, 0) is 24.7 Å². The van der Waals surface area contributed by atoms with Crippen molar-refractivity contribution in [1.82, 2.24) is 0 Å². The maximum absolute atomic E-state index is 10.9. The number of aliphatic hydroxyl groups excluding tert-OH is 1. The molecule has 0 radical (unpaired) electrons. The van der Waals surface area contributed by atoms with Gasteiger partial charge in [-0.25, -0.2) is 0 Å². The average molecular weight is 221 g/mol. The van der Waals surface area contributed by atoms with Gasteiger partial charge in [0, 0.05) is 13.0 Å². The van der Waals surface area contributed by atoms with Crippen molar-refractivity contribution >= 4 is 7.82 Å². The number of aliphatic hydroxyl groups is 1. The monoisotopic (exact) mass is 221 g/mol. The Morgan fingerprint density at radius 2 is 2.29 bits per heavy atom. The molecule has 82 valence electrons. The molecule has 0 bridgehead atoms. The molecule has 6 heteroatoms. The fourth-order valence-electron chi connectivity index (χ4n) is 2.30. The summed E-state index contributed by atoms with van der Waals surface area (Å²) in [6.45, 7) is 0.0525. The van der Waals surface area contributed by atoms with Crippen LogP contribution in [0.3, 0.4) is 0 Å². The fourth-order valence-corrected chi connectivity index (χ4v) is 2.76. The Morgan fingerprint density at radius 3 is 2.79 bits per heavy atom. The quantitative estimate of drug-likeness (QED) is 0.683. The average Bonchev–Trinajstić information content (AvgIpc) is 2.78. The largest absolute Gasteiger partial charge is 0.756 e. The predicted octanol–water partition coefficient (Wildman–Crippen LogP) is 0.135. The van der Waals surface area contributed by atoms with E-state index in [1.807, 2.05) is 0 Å². The van der Waals surface area contributed by atoms with Crippen molar-refractivity contribution in [3.8, 4) is 0 Å². The highest BCUT2D eigenvalue weighted by Gasteiger charge is 2.52. The van der Waals surface area contributed by atoms with Crippen LogP contribution in [0.15, 0.2) is 0 Å². The standard InChI is InChI=1S/C8H15O5P/c1-12-14(10,11)13-4-7-6-2-5(6)3-8(7)9/h5-9H,2-4H2,1H3,(H,10,11)/p-1. The molecule has 2 saturated carbocycles. The summed E-state index contributed by atoms with van der Waals surface area (Å²) in [6.07, 6.45) is 1.48. The van der Waals surface area contributed by atoms with Gasteiger partial charge in [0.1, 0.15) is 0 Å². The van der Waals surface area contributed by atoms with Gasteiger partial charge in [-0.3, -0.25) is 4.57 Å². The number of phosphoric ester groups is 1. The van der Waals surface area contributed by atoms with Gasteiger partial charge < -0.3 is 19.0 Å². The van der Waals surface area contributed by atoms with Gasteiger partial charge in [-0.2, -0.15) is 0 Å². The molecule has 14 heavy (non-hydrogen) atoms. The van der Waals surface area contributed by atoms with Crippen molar-refractivity contribution in [2.45, 2.75) is 18.9 Å². The minimum absolute atomic E-state index is 0.0302. The maximum atomic E-state index is 10.9. The predicted molar refractivity (Wildman–Crippen MR) is 46.3 cm³/mol. The van der Waals surface area contributed by atoms with Gasteiger partial charge in [0.2, 0.25) is 0 Å². The Morgan fingerprint density at radius 1 is 1.57 bits per heavy atom. The molecule has 1 N–H and O–H groups in total. The van der Waals surface area contributed by atoms with Gasteiger partial charge >= 0.3 is 0 Å². The number of hydrogen-bond donors (Lipinski definition) is 1. The minimum atomic E-state index is -4.12. The highest BCUT2D eigenvalue weighted by molar-refractivity contribution is 7.45. The van der Waals surface area contributed by atoms with E-state index in [4.69, 9.17) is 0 Å². The lowest BCUT2D eigenvalue weighted by atomic mass is 10.0. The summed E-state index contributed by atoms with van der Waals surface area (Å²) in [4.78, 5) is 10.9. The third-order valence-corrected chi connectivity index (χ3v) is 4.13. The zero-order valence-corrected chi connectivity index (χ0v) is 8.85. The molecular weight excluding hydrogens is 207 g/mol. The second kappa shape index (κ2) is 3.58. The van der Waals surface area contributed by atoms with Gasteiger partial charge in [-0.1, -0.05) is 0 Å². The topological polar surface area (TPSA) is 78.8 Å². The molecule has 2 aliphatic carbocycles. The molecule has 0 heterocycles. The van der Waals surface area contributed by atoms with E-state index in [0.717, 1.165) is 20.0 Å². The fraction of sp³-hybridized carbons (Fsp3) is 1.00. The number of fused-ring (bicyclic) bond motifs is 1. The lowest BCUT2D eigenvalue weighted by molar-refractivity contribution is -0.224. The molecule has 2 fully saturated rings. The molecule has 0 aliphatic heterocycles. The SMILES string of the molecule is COP(=O)([O-])OCC1C(O)CC2CC21. The first kappa shape index (κ1) is 10.6. The van der Waals surface area contributed by atoms with Crippen molar-refractivity contribution < 1.29 is 23.6 Å². The molecule has 0 saturated heterocycles. The summed E-state index contributed by atoms with van der Waals surface area (Å²) in [5.41, 5.74) is 0. The van der Waals surface area contributed by atoms with Crippen molar-refractivity contribution in [1.29, 1.82) is 0 Å². The molecule has 0 aromatic heterocycles. The molecule has 5 unspecified atom stereocenters. The third-order valence-electron chi connectivity index (χ3n) is 3.21. The summed E-state index contributed by atoms with van der Waals surface area (Å²) >= 11 is 0. The second-order valence-corrected chi connectivity index (χ2v) is 5.57. The van der Waals surface area contributed by atoms with Crippen LogP contribution in [0.25, 0.3) is 0 Å². The Labute approximate surface area is 82.6 Å². The van der Waals surface area contributed by atoms with E-state index in [1.54, 1.807) is 0 Å². The third kappa shape index (κ3) is 2.02. The molecule has 5 atom stereocenters. The molecule has 2 aliphatic rings. The van der Waals surface area contributed by atoms with Gasteiger partial charge in [0.25, 0.3) is 7.82 Å². The summed E-state index contributed by atoms with van der Waals surface area (Å²) in [6, 6.07) is 0. The molecule has 0 amide bonds. The van der Waals surface area contributed by atoms with E-state index in [2.05, 4.69) is 9.05 Å². The first-order chi connectivity index (χ1) is 6.53. The van der Waals surface area contributed by atoms with E-state index < -0.39 is 13.9 Å². The molecular formula is C8H14O5P-. The maximum Gasteiger partial charge on any atom is 0.267 e. The smallest absolute Gasteiger partial charge is 0.267 e. The van der Waals surface area contributed by atoms with Crippen LogP contribution in [0.2, 0.25) is 0 Å². The van der Waals surface area contributed by atoms with Crippen LogP contribution in [0.4, 0.5) is 0 Å². The van der Waals surface area contributed by atoms with Crippen LogP contribution in [0.5, 0.6) is 0 Å². The second-order valence-electron chi connectivity index (χ2n) is 4.05. The number of rotatable bonds is 4. The lowest BCUT2D eigenvalue weighted by Crippen LogP contribution is -2.23. The van der Waals surface area contributed by atoms with Gasteiger partial charge in [0.15, 0.2) is 0 Å². The molecule has 0 aromatic rings. The van der Waals surface area contributed by atoms with Crippen molar-refractivity contribution in [2.24, 2.45) is 17.8 Å². The first-order valence-corrected chi connectivity index (χ1v) is 6.19. The Hall–Kier alpha value is 0.0700. The Bertz CT molecular complexity index is 266. The minimum Gasteiger partial charge on any atom is -0.756 e. The van der Waals surface area contributed by atoms with Gasteiger partial charge in [0.05, 0.1) is 12.7 Å². The van der Waals surface area contributed by atoms with Gasteiger partial charge in [-0.15, -0.1) is 0 Å². The first-order valence-electron chi connectivity index (χ1n) is 4.73. The van der Waals surface area contributed by atoms with E-state index in [-0.39, 0.29) is 12.5 Å². The van der Waals surface area contributed by atoms with E-state index >= 15 is 0 Å². The summed E-state index contributed by atoms with van der Waals surface area (Å²) in [5, 5.41) is 9.55. The van der Waals surface area contributed by atoms with Crippen molar-refractivity contribution in [2.75, 3.05) is 13.7 Å². The molecule has 0 aromatic carbocycles. The highest BCUT2D eigenvalue weighted by atomic mass is 31.2. The number of hydrogen-bond acceptors (Lipinski definition) is 5. The molecule has 0 spiro atoms. The molecule has 5 nitrogen and oxygen atoms in total. The summed E-state index contributed by atoms with van der Waals surface area (Å²) in [7, 11) is -3.05. The lowest BCUT2D eigenvalue weighted by Gasteiger charge is -2.24. The Kier molecular flexibility index (Phi) is 2.70. The van der Waals surface area contributed by atoms with Crippen molar-refractivity contribution in [3.05, 3.63) is 0 Å². The normalized spacial score (nSPS) is 44.5. The van der Waals surface area contributed by atoms with E-state index in [9.17, 15) is 14.6 Å². The van der Waals surface area contributed by atoms with Crippen LogP contribution in [-0.4, -0.2) is 24.9 Å². The van der Waals surface area contributed by atoms with Crippen LogP contribution in [0, 0.1) is 17.8 Å². The van der Waals surface area contributed by atoms with Crippen molar-refractivity contribution in [3.63, 3.8) is 0 Å².